The molecule has 0 saturated carbocycles. The van der Waals surface area contributed by atoms with Crippen LogP contribution in [-0.2, 0) is 11.2 Å². The molecule has 0 aliphatic heterocycles. The molecule has 0 radical (unpaired) electrons. The van der Waals surface area contributed by atoms with Crippen LogP contribution in [0.15, 0.2) is 42.5 Å². The highest BCUT2D eigenvalue weighted by molar-refractivity contribution is 6.31. The van der Waals surface area contributed by atoms with Crippen molar-refractivity contribution in [3.63, 3.8) is 0 Å². The lowest BCUT2D eigenvalue weighted by Crippen LogP contribution is -2.14. The molecule has 0 heterocycles. The minimum Gasteiger partial charge on any atom is -0.326 e. The van der Waals surface area contributed by atoms with E-state index in [1.165, 1.54) is 36.4 Å². The smallest absolute Gasteiger partial charge is 0.228 e. The number of anilines is 1. The molecule has 0 saturated heterocycles. The number of hydrogen-bond donors (Lipinski definition) is 1. The summed E-state index contributed by atoms with van der Waals surface area (Å²) in [5, 5.41) is 2.50. The van der Waals surface area contributed by atoms with Gasteiger partial charge in [-0.05, 0) is 35.9 Å². The van der Waals surface area contributed by atoms with Gasteiger partial charge in [-0.1, -0.05) is 23.7 Å². The SMILES string of the molecule is O=C(Cc1cccc(F)c1)Nc1ccc(F)c(Cl)c1. The third-order valence-electron chi connectivity index (χ3n) is 2.46. The van der Waals surface area contributed by atoms with Crippen LogP contribution in [0, 0.1) is 11.6 Å². The van der Waals surface area contributed by atoms with Crippen LogP contribution in [0.25, 0.3) is 0 Å². The average Bonchev–Trinajstić information content (AvgIpc) is 2.34. The van der Waals surface area contributed by atoms with E-state index in [1.54, 1.807) is 6.07 Å². The van der Waals surface area contributed by atoms with Crippen LogP contribution < -0.4 is 5.32 Å². The molecule has 0 atom stereocenters. The van der Waals surface area contributed by atoms with Gasteiger partial charge >= 0.3 is 0 Å². The van der Waals surface area contributed by atoms with Gasteiger partial charge in [0.15, 0.2) is 0 Å². The van der Waals surface area contributed by atoms with Crippen molar-refractivity contribution in [3.8, 4) is 0 Å². The first-order chi connectivity index (χ1) is 9.04. The Balaban J connectivity index is 2.03. The van der Waals surface area contributed by atoms with Crippen LogP contribution in [-0.4, -0.2) is 5.91 Å². The Kier molecular flexibility index (Phi) is 4.12. The molecule has 98 valence electrons. The van der Waals surface area contributed by atoms with E-state index in [1.807, 2.05) is 0 Å². The molecule has 0 spiro atoms. The average molecular weight is 282 g/mol. The molecule has 0 bridgehead atoms. The van der Waals surface area contributed by atoms with Crippen molar-refractivity contribution in [2.75, 3.05) is 5.32 Å². The molecule has 2 aromatic rings. The van der Waals surface area contributed by atoms with Crippen molar-refractivity contribution in [1.29, 1.82) is 0 Å². The van der Waals surface area contributed by atoms with Crippen LogP contribution in [0.1, 0.15) is 5.56 Å². The largest absolute Gasteiger partial charge is 0.326 e. The number of hydrogen-bond acceptors (Lipinski definition) is 1. The standard InChI is InChI=1S/C14H10ClF2NO/c15-12-8-11(4-5-13(12)17)18-14(19)7-9-2-1-3-10(16)6-9/h1-6,8H,7H2,(H,18,19). The molecule has 2 aromatic carbocycles. The zero-order chi connectivity index (χ0) is 13.8. The van der Waals surface area contributed by atoms with E-state index in [0.29, 0.717) is 11.3 Å². The summed E-state index contributed by atoms with van der Waals surface area (Å²) in [6, 6.07) is 9.68. The van der Waals surface area contributed by atoms with Gasteiger partial charge in [-0.25, -0.2) is 8.78 Å². The van der Waals surface area contributed by atoms with Gasteiger partial charge in [0.05, 0.1) is 11.4 Å². The number of rotatable bonds is 3. The molecule has 0 aromatic heterocycles. The van der Waals surface area contributed by atoms with E-state index in [0.717, 1.165) is 0 Å². The maximum atomic E-state index is 13.0. The first kappa shape index (κ1) is 13.5. The van der Waals surface area contributed by atoms with Gasteiger partial charge in [0, 0.05) is 5.69 Å². The van der Waals surface area contributed by atoms with Crippen molar-refractivity contribution < 1.29 is 13.6 Å². The second-order valence-corrected chi connectivity index (χ2v) is 4.39. The molecule has 1 N–H and O–H groups in total. The van der Waals surface area contributed by atoms with Crippen molar-refractivity contribution >= 4 is 23.2 Å². The van der Waals surface area contributed by atoms with Crippen molar-refractivity contribution in [2.24, 2.45) is 0 Å². The highest BCUT2D eigenvalue weighted by Gasteiger charge is 2.07. The number of benzene rings is 2. The lowest BCUT2D eigenvalue weighted by atomic mass is 10.1. The fourth-order valence-corrected chi connectivity index (χ4v) is 1.79. The fourth-order valence-electron chi connectivity index (χ4n) is 1.61. The summed E-state index contributed by atoms with van der Waals surface area (Å²) in [6.45, 7) is 0. The maximum absolute atomic E-state index is 13.0. The van der Waals surface area contributed by atoms with E-state index >= 15 is 0 Å². The second-order valence-electron chi connectivity index (χ2n) is 3.98. The number of carbonyl (C=O) groups excluding carboxylic acids is 1. The molecule has 1 amide bonds. The minimum atomic E-state index is -0.551. The van der Waals surface area contributed by atoms with Crippen LogP contribution in [0.5, 0.6) is 0 Å². The first-order valence-corrected chi connectivity index (χ1v) is 5.92. The van der Waals surface area contributed by atoms with E-state index in [9.17, 15) is 13.6 Å². The van der Waals surface area contributed by atoms with Gasteiger partial charge < -0.3 is 5.32 Å². The third-order valence-corrected chi connectivity index (χ3v) is 2.75. The van der Waals surface area contributed by atoms with Crippen LogP contribution in [0.2, 0.25) is 5.02 Å². The van der Waals surface area contributed by atoms with Gasteiger partial charge in [0.2, 0.25) is 5.91 Å². The van der Waals surface area contributed by atoms with Gasteiger partial charge in [0.25, 0.3) is 0 Å². The van der Waals surface area contributed by atoms with E-state index in [4.69, 9.17) is 11.6 Å². The zero-order valence-electron chi connectivity index (χ0n) is 9.79. The number of halogens is 3. The number of nitrogens with one attached hydrogen (secondary N) is 1. The Morgan fingerprint density at radius 1 is 1.16 bits per heavy atom. The summed E-state index contributed by atoms with van der Waals surface area (Å²) in [4.78, 5) is 11.7. The predicted octanol–water partition coefficient (Wildman–Crippen LogP) is 3.80. The van der Waals surface area contributed by atoms with E-state index in [-0.39, 0.29) is 17.4 Å². The summed E-state index contributed by atoms with van der Waals surface area (Å²) >= 11 is 5.60. The van der Waals surface area contributed by atoms with E-state index < -0.39 is 11.6 Å². The van der Waals surface area contributed by atoms with Gasteiger partial charge in [-0.2, -0.15) is 0 Å². The molecule has 0 aliphatic rings. The highest BCUT2D eigenvalue weighted by Crippen LogP contribution is 2.19. The molecular weight excluding hydrogens is 272 g/mol. The van der Waals surface area contributed by atoms with Gasteiger partial charge in [-0.15, -0.1) is 0 Å². The molecule has 0 fully saturated rings. The monoisotopic (exact) mass is 281 g/mol. The fraction of sp³-hybridized carbons (Fsp3) is 0.0714. The molecule has 2 rings (SSSR count). The zero-order valence-corrected chi connectivity index (χ0v) is 10.5. The second kappa shape index (κ2) is 5.80. The number of carbonyl (C=O) groups is 1. The Morgan fingerprint density at radius 3 is 2.63 bits per heavy atom. The Bertz CT molecular complexity index is 616. The van der Waals surface area contributed by atoms with Crippen LogP contribution in [0.4, 0.5) is 14.5 Å². The summed E-state index contributed by atoms with van der Waals surface area (Å²) in [7, 11) is 0. The molecule has 0 unspecified atom stereocenters. The third kappa shape index (κ3) is 3.76. The van der Waals surface area contributed by atoms with Crippen molar-refractivity contribution in [3.05, 3.63) is 64.7 Å². The van der Waals surface area contributed by atoms with Gasteiger partial charge in [0.1, 0.15) is 11.6 Å². The van der Waals surface area contributed by atoms with E-state index in [2.05, 4.69) is 5.32 Å². The van der Waals surface area contributed by atoms with Gasteiger partial charge in [-0.3, -0.25) is 4.79 Å². The van der Waals surface area contributed by atoms with Crippen LogP contribution in [0.3, 0.4) is 0 Å². The summed E-state index contributed by atoms with van der Waals surface area (Å²) < 4.78 is 25.9. The normalized spacial score (nSPS) is 10.3. The molecule has 0 aliphatic carbocycles. The van der Waals surface area contributed by atoms with Crippen molar-refractivity contribution in [1.82, 2.24) is 0 Å². The lowest BCUT2D eigenvalue weighted by Gasteiger charge is -2.06. The van der Waals surface area contributed by atoms with Crippen molar-refractivity contribution in [2.45, 2.75) is 6.42 Å². The summed E-state index contributed by atoms with van der Waals surface area (Å²) in [6.07, 6.45) is 0.0345. The molecule has 19 heavy (non-hydrogen) atoms. The Morgan fingerprint density at radius 2 is 1.95 bits per heavy atom. The highest BCUT2D eigenvalue weighted by atomic mass is 35.5. The quantitative estimate of drug-likeness (QED) is 0.911. The number of amides is 1. The first-order valence-electron chi connectivity index (χ1n) is 5.54. The summed E-state index contributed by atoms with van der Waals surface area (Å²) in [5.41, 5.74) is 0.957. The Hall–Kier alpha value is -1.94. The maximum Gasteiger partial charge on any atom is 0.228 e. The summed E-state index contributed by atoms with van der Waals surface area (Å²) in [5.74, 6) is -1.27. The molecular formula is C14H10ClF2NO. The predicted molar refractivity (Wildman–Crippen MR) is 70.1 cm³/mol. The molecule has 5 heteroatoms. The minimum absolute atomic E-state index is 0.0345. The molecule has 2 nitrogen and oxygen atoms in total. The Labute approximate surface area is 114 Å². The topological polar surface area (TPSA) is 29.1 Å². The lowest BCUT2D eigenvalue weighted by molar-refractivity contribution is -0.115. The van der Waals surface area contributed by atoms with Crippen LogP contribution >= 0.6 is 11.6 Å².